The van der Waals surface area contributed by atoms with E-state index in [1.807, 2.05) is 0 Å². The van der Waals surface area contributed by atoms with Gasteiger partial charge in [0.1, 0.15) is 0 Å². The maximum atomic E-state index is 5.11. The summed E-state index contributed by atoms with van der Waals surface area (Å²) >= 11 is 0. The molecular weight excluding hydrogens is 154 g/mol. The smallest absolute Gasteiger partial charge is 0.0869 e. The second-order valence-corrected chi connectivity index (χ2v) is 3.69. The molecule has 1 heterocycles. The molecule has 70 valence electrons. The fourth-order valence-corrected chi connectivity index (χ4v) is 2.12. The molecule has 0 spiro atoms. The summed E-state index contributed by atoms with van der Waals surface area (Å²) in [4.78, 5) is 5.11. The van der Waals surface area contributed by atoms with Gasteiger partial charge in [0.2, 0.25) is 0 Å². The second kappa shape index (κ2) is 4.18. The molecule has 0 radical (unpaired) electrons. The Balaban J connectivity index is 1.80. The summed E-state index contributed by atoms with van der Waals surface area (Å²) in [5, 5.41) is 0. The SMILES string of the molecule is C1CCC(C2CONNN2)CC1. The molecule has 0 aromatic carbocycles. The van der Waals surface area contributed by atoms with Crippen LogP contribution in [0.25, 0.3) is 0 Å². The van der Waals surface area contributed by atoms with E-state index in [1.54, 1.807) is 0 Å². The standard InChI is InChI=1S/C8H17N3O/c1-2-4-7(5-3-1)8-6-12-11-10-9-8/h7-11H,1-6H2. The van der Waals surface area contributed by atoms with Gasteiger partial charge < -0.3 is 0 Å². The highest BCUT2D eigenvalue weighted by atomic mass is 16.7. The van der Waals surface area contributed by atoms with Gasteiger partial charge in [-0.1, -0.05) is 19.3 Å². The maximum absolute atomic E-state index is 5.11. The van der Waals surface area contributed by atoms with E-state index in [0.29, 0.717) is 6.04 Å². The van der Waals surface area contributed by atoms with Gasteiger partial charge in [-0.2, -0.15) is 5.53 Å². The molecule has 3 N–H and O–H groups in total. The van der Waals surface area contributed by atoms with Crippen molar-refractivity contribution in [1.29, 1.82) is 0 Å². The summed E-state index contributed by atoms with van der Waals surface area (Å²) in [5.41, 5.74) is 8.61. The van der Waals surface area contributed by atoms with Gasteiger partial charge in [0.15, 0.2) is 0 Å². The molecule has 1 aliphatic carbocycles. The molecule has 4 nitrogen and oxygen atoms in total. The Labute approximate surface area is 72.9 Å². The summed E-state index contributed by atoms with van der Waals surface area (Å²) in [6, 6.07) is 0.492. The molecule has 2 aliphatic rings. The minimum absolute atomic E-state index is 0.492. The van der Waals surface area contributed by atoms with Crippen molar-refractivity contribution in [2.24, 2.45) is 5.92 Å². The number of rotatable bonds is 1. The van der Waals surface area contributed by atoms with Crippen LogP contribution in [0.4, 0.5) is 0 Å². The molecule has 0 aromatic heterocycles. The average Bonchev–Trinajstić information content (AvgIpc) is 2.21. The van der Waals surface area contributed by atoms with Gasteiger partial charge in [-0.15, -0.1) is 5.59 Å². The van der Waals surface area contributed by atoms with Gasteiger partial charge in [-0.05, 0) is 18.8 Å². The first-order valence-corrected chi connectivity index (χ1v) is 4.84. The van der Waals surface area contributed by atoms with Gasteiger partial charge in [-0.3, -0.25) is 4.84 Å². The van der Waals surface area contributed by atoms with Gasteiger partial charge in [-0.25, -0.2) is 5.43 Å². The Bertz CT molecular complexity index is 114. The van der Waals surface area contributed by atoms with Crippen molar-refractivity contribution < 1.29 is 4.84 Å². The topological polar surface area (TPSA) is 45.3 Å². The number of hydrogen-bond acceptors (Lipinski definition) is 4. The van der Waals surface area contributed by atoms with Crippen LogP contribution >= 0.6 is 0 Å². The van der Waals surface area contributed by atoms with E-state index in [-0.39, 0.29) is 0 Å². The van der Waals surface area contributed by atoms with E-state index in [2.05, 4.69) is 16.5 Å². The van der Waals surface area contributed by atoms with E-state index >= 15 is 0 Å². The first-order valence-electron chi connectivity index (χ1n) is 4.84. The first kappa shape index (κ1) is 8.44. The van der Waals surface area contributed by atoms with Crippen molar-refractivity contribution in [3.63, 3.8) is 0 Å². The van der Waals surface area contributed by atoms with Crippen LogP contribution in [-0.2, 0) is 4.84 Å². The van der Waals surface area contributed by atoms with Crippen molar-refractivity contribution in [3.05, 3.63) is 0 Å². The average molecular weight is 171 g/mol. The molecule has 1 atom stereocenters. The van der Waals surface area contributed by atoms with Crippen LogP contribution < -0.4 is 16.5 Å². The third kappa shape index (κ3) is 1.95. The highest BCUT2D eigenvalue weighted by Crippen LogP contribution is 2.26. The van der Waals surface area contributed by atoms with Crippen molar-refractivity contribution in [1.82, 2.24) is 16.5 Å². The van der Waals surface area contributed by atoms with Crippen LogP contribution in [0.1, 0.15) is 32.1 Å². The van der Waals surface area contributed by atoms with E-state index in [1.165, 1.54) is 32.1 Å². The quantitative estimate of drug-likeness (QED) is 0.537. The molecule has 2 rings (SSSR count). The molecule has 1 saturated heterocycles. The van der Waals surface area contributed by atoms with Gasteiger partial charge in [0, 0.05) is 0 Å². The predicted octanol–water partition coefficient (Wildman–Crippen LogP) is 0.479. The Morgan fingerprint density at radius 1 is 1.08 bits per heavy atom. The van der Waals surface area contributed by atoms with Crippen molar-refractivity contribution in [2.75, 3.05) is 6.61 Å². The van der Waals surface area contributed by atoms with Gasteiger partial charge in [0.25, 0.3) is 0 Å². The largest absolute Gasteiger partial charge is 0.284 e. The van der Waals surface area contributed by atoms with E-state index < -0.39 is 0 Å². The minimum Gasteiger partial charge on any atom is -0.284 e. The first-order chi connectivity index (χ1) is 5.97. The molecule has 2 fully saturated rings. The Morgan fingerprint density at radius 3 is 2.58 bits per heavy atom. The summed E-state index contributed by atoms with van der Waals surface area (Å²) in [6.07, 6.45) is 6.88. The van der Waals surface area contributed by atoms with Crippen LogP contribution in [0, 0.1) is 5.92 Å². The maximum Gasteiger partial charge on any atom is 0.0869 e. The van der Waals surface area contributed by atoms with Crippen molar-refractivity contribution in [3.8, 4) is 0 Å². The summed E-state index contributed by atoms with van der Waals surface area (Å²) < 4.78 is 0. The number of hydrazine groups is 2. The zero-order chi connectivity index (χ0) is 8.23. The number of hydrogen-bond donors (Lipinski definition) is 3. The molecule has 4 heteroatoms. The van der Waals surface area contributed by atoms with Crippen LogP contribution in [-0.4, -0.2) is 12.6 Å². The van der Waals surface area contributed by atoms with E-state index in [0.717, 1.165) is 12.5 Å². The molecule has 12 heavy (non-hydrogen) atoms. The van der Waals surface area contributed by atoms with Crippen LogP contribution in [0.5, 0.6) is 0 Å². The van der Waals surface area contributed by atoms with Crippen molar-refractivity contribution in [2.45, 2.75) is 38.1 Å². The monoisotopic (exact) mass is 171 g/mol. The third-order valence-corrected chi connectivity index (χ3v) is 2.86. The van der Waals surface area contributed by atoms with Crippen LogP contribution in [0.3, 0.4) is 0 Å². The Kier molecular flexibility index (Phi) is 2.94. The fourth-order valence-electron chi connectivity index (χ4n) is 2.12. The fraction of sp³-hybridized carbons (Fsp3) is 1.00. The zero-order valence-corrected chi connectivity index (χ0v) is 7.31. The van der Waals surface area contributed by atoms with E-state index in [9.17, 15) is 0 Å². The normalized spacial score (nSPS) is 33.5. The summed E-state index contributed by atoms with van der Waals surface area (Å²) in [6.45, 7) is 0.775. The molecular formula is C8H17N3O. The van der Waals surface area contributed by atoms with Gasteiger partial charge >= 0.3 is 0 Å². The van der Waals surface area contributed by atoms with E-state index in [4.69, 9.17) is 4.84 Å². The third-order valence-electron chi connectivity index (χ3n) is 2.86. The second-order valence-electron chi connectivity index (χ2n) is 3.69. The Hall–Kier alpha value is -0.160. The highest BCUT2D eigenvalue weighted by molar-refractivity contribution is 4.78. The lowest BCUT2D eigenvalue weighted by Gasteiger charge is -2.33. The predicted molar refractivity (Wildman–Crippen MR) is 45.7 cm³/mol. The lowest BCUT2D eigenvalue weighted by molar-refractivity contribution is -0.0703. The lowest BCUT2D eigenvalue weighted by Crippen LogP contribution is -2.59. The van der Waals surface area contributed by atoms with Crippen LogP contribution in [0.2, 0.25) is 0 Å². The van der Waals surface area contributed by atoms with Crippen LogP contribution in [0.15, 0.2) is 0 Å². The highest BCUT2D eigenvalue weighted by Gasteiger charge is 2.25. The minimum atomic E-state index is 0.492. The number of nitrogens with one attached hydrogen (secondary N) is 3. The van der Waals surface area contributed by atoms with Gasteiger partial charge in [0.05, 0.1) is 12.6 Å². The Morgan fingerprint density at radius 2 is 1.92 bits per heavy atom. The van der Waals surface area contributed by atoms with Crippen molar-refractivity contribution >= 4 is 0 Å². The molecule has 1 aliphatic heterocycles. The molecule has 1 unspecified atom stereocenters. The molecule has 0 aromatic rings. The molecule has 0 bridgehead atoms. The molecule has 0 amide bonds. The zero-order valence-electron chi connectivity index (χ0n) is 7.31. The molecule has 1 saturated carbocycles. The summed E-state index contributed by atoms with van der Waals surface area (Å²) in [5.74, 6) is 0.799. The summed E-state index contributed by atoms with van der Waals surface area (Å²) in [7, 11) is 0. The lowest BCUT2D eigenvalue weighted by atomic mass is 9.84.